The standard InChI is InChI=1S/C20H14N6O/c21-11-17(19(22)23)26-25-15-7-8-18-16(10-15)24-20(27-18)14-6-5-12-3-1-2-4-13(12)9-14/h1-10,25H,(H3,22,23)/b26-17+. The van der Waals surface area contributed by atoms with Gasteiger partial charge in [0, 0.05) is 5.56 Å². The van der Waals surface area contributed by atoms with E-state index in [4.69, 9.17) is 20.8 Å². The summed E-state index contributed by atoms with van der Waals surface area (Å²) in [6.45, 7) is 0. The second kappa shape index (κ2) is 6.61. The van der Waals surface area contributed by atoms with Crippen LogP contribution in [0.3, 0.4) is 0 Å². The number of nitriles is 1. The van der Waals surface area contributed by atoms with E-state index in [-0.39, 0.29) is 5.71 Å². The monoisotopic (exact) mass is 354 g/mol. The van der Waals surface area contributed by atoms with Crippen molar-refractivity contribution in [1.82, 2.24) is 4.98 Å². The number of nitrogens with one attached hydrogen (secondary N) is 2. The number of nitrogens with zero attached hydrogens (tertiary/aromatic N) is 3. The Morgan fingerprint density at radius 1 is 1.11 bits per heavy atom. The van der Waals surface area contributed by atoms with Crippen LogP contribution in [0.1, 0.15) is 0 Å². The van der Waals surface area contributed by atoms with Crippen molar-refractivity contribution in [2.24, 2.45) is 10.8 Å². The minimum Gasteiger partial charge on any atom is -0.436 e. The smallest absolute Gasteiger partial charge is 0.227 e. The summed E-state index contributed by atoms with van der Waals surface area (Å²) in [5, 5.41) is 22.2. The van der Waals surface area contributed by atoms with Gasteiger partial charge in [0.2, 0.25) is 11.6 Å². The van der Waals surface area contributed by atoms with Gasteiger partial charge in [-0.2, -0.15) is 10.4 Å². The molecule has 0 spiro atoms. The number of hydrogen-bond donors (Lipinski definition) is 3. The number of hydrogen-bond acceptors (Lipinski definition) is 6. The van der Waals surface area contributed by atoms with Crippen LogP contribution in [-0.4, -0.2) is 16.5 Å². The summed E-state index contributed by atoms with van der Waals surface area (Å²) in [4.78, 5) is 4.55. The first-order valence-corrected chi connectivity index (χ1v) is 8.12. The predicted molar refractivity (Wildman–Crippen MR) is 106 cm³/mol. The number of aromatic nitrogens is 1. The first-order chi connectivity index (χ1) is 13.1. The predicted octanol–water partition coefficient (Wildman–Crippen LogP) is 3.88. The van der Waals surface area contributed by atoms with E-state index in [0.29, 0.717) is 22.7 Å². The van der Waals surface area contributed by atoms with Crippen LogP contribution in [0.15, 0.2) is 70.2 Å². The average molecular weight is 354 g/mol. The van der Waals surface area contributed by atoms with E-state index in [1.54, 1.807) is 24.3 Å². The van der Waals surface area contributed by atoms with E-state index in [0.717, 1.165) is 16.3 Å². The lowest BCUT2D eigenvalue weighted by molar-refractivity contribution is 0.620. The number of anilines is 1. The number of benzene rings is 3. The van der Waals surface area contributed by atoms with Gasteiger partial charge in [0.1, 0.15) is 11.6 Å². The largest absolute Gasteiger partial charge is 0.436 e. The topological polar surface area (TPSA) is 124 Å². The number of fused-ring (bicyclic) bond motifs is 2. The molecule has 4 rings (SSSR count). The third kappa shape index (κ3) is 3.19. The van der Waals surface area contributed by atoms with E-state index in [1.807, 2.05) is 36.4 Å². The van der Waals surface area contributed by atoms with E-state index in [2.05, 4.69) is 21.6 Å². The summed E-state index contributed by atoms with van der Waals surface area (Å²) >= 11 is 0. The highest BCUT2D eigenvalue weighted by Crippen LogP contribution is 2.28. The third-order valence-electron chi connectivity index (χ3n) is 4.04. The maximum absolute atomic E-state index is 8.88. The minimum atomic E-state index is -0.397. The molecule has 0 unspecified atom stereocenters. The van der Waals surface area contributed by atoms with Gasteiger partial charge in [0.25, 0.3) is 0 Å². The summed E-state index contributed by atoms with van der Waals surface area (Å²) < 4.78 is 5.86. The molecule has 0 aliphatic carbocycles. The highest BCUT2D eigenvalue weighted by atomic mass is 16.3. The van der Waals surface area contributed by atoms with Crippen molar-refractivity contribution in [3.05, 3.63) is 60.7 Å². The van der Waals surface area contributed by atoms with Crippen LogP contribution in [0.5, 0.6) is 0 Å². The lowest BCUT2D eigenvalue weighted by Crippen LogP contribution is -2.21. The van der Waals surface area contributed by atoms with Crippen molar-refractivity contribution in [3.8, 4) is 17.5 Å². The molecular weight excluding hydrogens is 340 g/mol. The molecule has 7 nitrogen and oxygen atoms in total. The molecule has 0 saturated heterocycles. The molecule has 7 heteroatoms. The van der Waals surface area contributed by atoms with Crippen LogP contribution >= 0.6 is 0 Å². The lowest BCUT2D eigenvalue weighted by atomic mass is 10.1. The van der Waals surface area contributed by atoms with Crippen LogP contribution in [0.4, 0.5) is 5.69 Å². The average Bonchev–Trinajstić information content (AvgIpc) is 3.11. The maximum Gasteiger partial charge on any atom is 0.227 e. The molecule has 0 aliphatic rings. The van der Waals surface area contributed by atoms with E-state index in [9.17, 15) is 0 Å². The van der Waals surface area contributed by atoms with Gasteiger partial charge in [0.05, 0.1) is 5.69 Å². The van der Waals surface area contributed by atoms with Gasteiger partial charge in [-0.25, -0.2) is 4.98 Å². The van der Waals surface area contributed by atoms with Gasteiger partial charge in [-0.3, -0.25) is 10.8 Å². The van der Waals surface area contributed by atoms with Gasteiger partial charge in [-0.15, -0.1) is 0 Å². The molecule has 0 atom stereocenters. The van der Waals surface area contributed by atoms with E-state index in [1.165, 1.54) is 0 Å². The summed E-state index contributed by atoms with van der Waals surface area (Å²) in [5.74, 6) is 0.129. The number of amidine groups is 1. The molecule has 0 aliphatic heterocycles. The van der Waals surface area contributed by atoms with Crippen molar-refractivity contribution in [2.45, 2.75) is 0 Å². The molecule has 27 heavy (non-hydrogen) atoms. The van der Waals surface area contributed by atoms with Gasteiger partial charge in [-0.05, 0) is 41.1 Å². The molecular formula is C20H14N6O. The first-order valence-electron chi connectivity index (χ1n) is 8.12. The molecule has 0 radical (unpaired) electrons. The van der Waals surface area contributed by atoms with Crippen molar-refractivity contribution in [2.75, 3.05) is 5.43 Å². The van der Waals surface area contributed by atoms with Gasteiger partial charge in [-0.1, -0.05) is 30.3 Å². The molecule has 0 bridgehead atoms. The molecule has 0 saturated carbocycles. The second-order valence-corrected chi connectivity index (χ2v) is 5.86. The molecule has 4 N–H and O–H groups in total. The Balaban J connectivity index is 1.68. The molecule has 1 aromatic heterocycles. The van der Waals surface area contributed by atoms with E-state index < -0.39 is 5.84 Å². The van der Waals surface area contributed by atoms with Crippen LogP contribution in [0, 0.1) is 16.7 Å². The quantitative estimate of drug-likeness (QED) is 0.291. The zero-order valence-electron chi connectivity index (χ0n) is 14.1. The van der Waals surface area contributed by atoms with Crippen molar-refractivity contribution >= 4 is 39.1 Å². The lowest BCUT2D eigenvalue weighted by Gasteiger charge is -2.00. The molecule has 130 valence electrons. The Bertz CT molecular complexity index is 1250. The number of nitrogens with two attached hydrogens (primary N) is 1. The SMILES string of the molecule is N#C/C(=N\Nc1ccc2oc(-c3ccc4ccccc4c3)nc2c1)C(=N)N. The summed E-state index contributed by atoms with van der Waals surface area (Å²) in [5.41, 5.74) is 10.6. The Kier molecular flexibility index (Phi) is 3.99. The Morgan fingerprint density at radius 2 is 1.93 bits per heavy atom. The van der Waals surface area contributed by atoms with Gasteiger partial charge < -0.3 is 10.2 Å². The Morgan fingerprint density at radius 3 is 2.70 bits per heavy atom. The maximum atomic E-state index is 8.88. The van der Waals surface area contributed by atoms with Crippen LogP contribution in [-0.2, 0) is 0 Å². The zero-order chi connectivity index (χ0) is 18.8. The molecule has 1 heterocycles. The fraction of sp³-hybridized carbons (Fsp3) is 0. The fourth-order valence-corrected chi connectivity index (χ4v) is 2.71. The highest BCUT2D eigenvalue weighted by molar-refractivity contribution is 6.45. The van der Waals surface area contributed by atoms with Crippen molar-refractivity contribution < 1.29 is 4.42 Å². The van der Waals surface area contributed by atoms with Crippen LogP contribution in [0.25, 0.3) is 33.3 Å². The molecule has 0 fully saturated rings. The second-order valence-electron chi connectivity index (χ2n) is 5.86. The van der Waals surface area contributed by atoms with Crippen LogP contribution in [0.2, 0.25) is 0 Å². The summed E-state index contributed by atoms with van der Waals surface area (Å²) in [7, 11) is 0. The van der Waals surface area contributed by atoms with Crippen molar-refractivity contribution in [1.29, 1.82) is 10.7 Å². The number of oxazole rings is 1. The molecule has 4 aromatic rings. The fourth-order valence-electron chi connectivity index (χ4n) is 2.71. The van der Waals surface area contributed by atoms with E-state index >= 15 is 0 Å². The highest BCUT2D eigenvalue weighted by Gasteiger charge is 2.10. The van der Waals surface area contributed by atoms with Gasteiger partial charge >= 0.3 is 0 Å². The van der Waals surface area contributed by atoms with Crippen LogP contribution < -0.4 is 11.2 Å². The van der Waals surface area contributed by atoms with Crippen molar-refractivity contribution in [3.63, 3.8) is 0 Å². The normalized spacial score (nSPS) is 11.4. The third-order valence-corrected chi connectivity index (χ3v) is 4.04. The molecule has 3 aromatic carbocycles. The van der Waals surface area contributed by atoms with Gasteiger partial charge in [0.15, 0.2) is 11.4 Å². The Hall–Kier alpha value is -4.18. The zero-order valence-corrected chi connectivity index (χ0v) is 14.1. The molecule has 0 amide bonds. The minimum absolute atomic E-state index is 0.188. The first kappa shape index (κ1) is 16.3. The number of hydrazone groups is 1. The summed E-state index contributed by atoms with van der Waals surface area (Å²) in [6.07, 6.45) is 0. The summed E-state index contributed by atoms with van der Waals surface area (Å²) in [6, 6.07) is 21.2. The Labute approximate surface area is 154 Å². The number of rotatable bonds is 4.